The van der Waals surface area contributed by atoms with E-state index in [1.165, 1.54) is 12.8 Å². The van der Waals surface area contributed by atoms with Gasteiger partial charge in [0.05, 0.1) is 16.9 Å². The molecule has 104 valence electrons. The fourth-order valence-electron chi connectivity index (χ4n) is 3.56. The lowest BCUT2D eigenvalue weighted by molar-refractivity contribution is 0.271. The fourth-order valence-corrected chi connectivity index (χ4v) is 3.56. The van der Waals surface area contributed by atoms with Gasteiger partial charge >= 0.3 is 0 Å². The minimum Gasteiger partial charge on any atom is -0.346 e. The molecule has 5 nitrogen and oxygen atoms in total. The highest BCUT2D eigenvalue weighted by molar-refractivity contribution is 6.02. The number of aromatic amines is 2. The SMILES string of the molecule is CC1CCCC(n2[nH]c(=O)c3cnc4[nH]ccc4c32)C1. The maximum Gasteiger partial charge on any atom is 0.273 e. The van der Waals surface area contributed by atoms with Gasteiger partial charge in [0.1, 0.15) is 5.65 Å². The number of hydrogen-bond donors (Lipinski definition) is 2. The molecule has 0 aliphatic heterocycles. The van der Waals surface area contributed by atoms with Crippen LogP contribution in [0.15, 0.2) is 23.3 Å². The van der Waals surface area contributed by atoms with Crippen LogP contribution in [0, 0.1) is 5.92 Å². The molecule has 1 saturated carbocycles. The summed E-state index contributed by atoms with van der Waals surface area (Å²) in [7, 11) is 0. The Balaban J connectivity index is 1.98. The van der Waals surface area contributed by atoms with E-state index in [0.717, 1.165) is 35.3 Å². The van der Waals surface area contributed by atoms with Gasteiger partial charge in [0.15, 0.2) is 0 Å². The lowest BCUT2D eigenvalue weighted by Gasteiger charge is -2.28. The molecule has 3 heterocycles. The smallest absolute Gasteiger partial charge is 0.273 e. The van der Waals surface area contributed by atoms with Gasteiger partial charge in [-0.1, -0.05) is 19.8 Å². The van der Waals surface area contributed by atoms with Gasteiger partial charge in [-0.05, 0) is 24.8 Å². The number of fused-ring (bicyclic) bond motifs is 3. The van der Waals surface area contributed by atoms with Crippen LogP contribution < -0.4 is 5.56 Å². The van der Waals surface area contributed by atoms with Gasteiger partial charge in [0.25, 0.3) is 5.56 Å². The third kappa shape index (κ3) is 1.62. The van der Waals surface area contributed by atoms with Gasteiger partial charge in [-0.3, -0.25) is 14.6 Å². The minimum atomic E-state index is -0.0335. The lowest BCUT2D eigenvalue weighted by atomic mass is 9.87. The van der Waals surface area contributed by atoms with Gasteiger partial charge in [-0.25, -0.2) is 4.98 Å². The molecule has 2 atom stereocenters. The third-order valence-corrected chi connectivity index (χ3v) is 4.54. The standard InChI is InChI=1S/C15H18N4O/c1-9-3-2-4-10(7-9)19-13-11-5-6-16-14(11)17-8-12(13)15(20)18-19/h5-6,8-10H,2-4,7H2,1H3,(H,16,17)(H,18,20). The molecule has 0 spiro atoms. The summed E-state index contributed by atoms with van der Waals surface area (Å²) in [6.07, 6.45) is 8.35. The molecular formula is C15H18N4O. The molecule has 3 aromatic rings. The summed E-state index contributed by atoms with van der Waals surface area (Å²) < 4.78 is 2.09. The van der Waals surface area contributed by atoms with Gasteiger partial charge in [0, 0.05) is 17.8 Å². The van der Waals surface area contributed by atoms with Crippen molar-refractivity contribution in [2.75, 3.05) is 0 Å². The van der Waals surface area contributed by atoms with Crippen molar-refractivity contribution in [2.45, 2.75) is 38.6 Å². The molecule has 2 N–H and O–H groups in total. The molecule has 20 heavy (non-hydrogen) atoms. The number of rotatable bonds is 1. The van der Waals surface area contributed by atoms with Crippen molar-refractivity contribution in [2.24, 2.45) is 5.92 Å². The first-order chi connectivity index (χ1) is 9.74. The summed E-state index contributed by atoms with van der Waals surface area (Å²) in [5.74, 6) is 0.721. The first-order valence-corrected chi connectivity index (χ1v) is 7.30. The summed E-state index contributed by atoms with van der Waals surface area (Å²) in [6.45, 7) is 2.30. The molecule has 1 aliphatic carbocycles. The van der Waals surface area contributed by atoms with Crippen molar-refractivity contribution in [1.29, 1.82) is 0 Å². The highest BCUT2D eigenvalue weighted by atomic mass is 16.1. The molecule has 0 amide bonds. The lowest BCUT2D eigenvalue weighted by Crippen LogP contribution is -2.20. The van der Waals surface area contributed by atoms with Crippen molar-refractivity contribution < 1.29 is 0 Å². The zero-order chi connectivity index (χ0) is 13.7. The van der Waals surface area contributed by atoms with Crippen LogP contribution in [0.1, 0.15) is 38.6 Å². The Morgan fingerprint density at radius 2 is 2.25 bits per heavy atom. The number of hydrogen-bond acceptors (Lipinski definition) is 2. The normalized spacial score (nSPS) is 23.6. The molecule has 0 saturated heterocycles. The molecule has 0 radical (unpaired) electrons. The van der Waals surface area contributed by atoms with Gasteiger partial charge in [-0.2, -0.15) is 0 Å². The van der Waals surface area contributed by atoms with E-state index in [1.807, 2.05) is 12.3 Å². The maximum atomic E-state index is 12.2. The average molecular weight is 270 g/mol. The second kappa shape index (κ2) is 4.23. The predicted octanol–water partition coefficient (Wildman–Crippen LogP) is 2.96. The summed E-state index contributed by atoms with van der Waals surface area (Å²) >= 11 is 0. The maximum absolute atomic E-state index is 12.2. The van der Waals surface area contributed by atoms with Crippen LogP contribution in [-0.4, -0.2) is 19.7 Å². The van der Waals surface area contributed by atoms with E-state index < -0.39 is 0 Å². The molecule has 0 bridgehead atoms. The Bertz CT molecular complexity index is 825. The third-order valence-electron chi connectivity index (χ3n) is 4.54. The molecule has 2 unspecified atom stereocenters. The van der Waals surface area contributed by atoms with Crippen LogP contribution in [-0.2, 0) is 0 Å². The summed E-state index contributed by atoms with van der Waals surface area (Å²) in [4.78, 5) is 19.6. The van der Waals surface area contributed by atoms with Gasteiger partial charge in [-0.15, -0.1) is 0 Å². The van der Waals surface area contributed by atoms with E-state index in [-0.39, 0.29) is 5.56 Å². The van der Waals surface area contributed by atoms with Crippen LogP contribution in [0.25, 0.3) is 21.9 Å². The summed E-state index contributed by atoms with van der Waals surface area (Å²) in [5.41, 5.74) is 1.81. The molecule has 5 heteroatoms. The van der Waals surface area contributed by atoms with Crippen LogP contribution in [0.4, 0.5) is 0 Å². The number of H-pyrrole nitrogens is 2. The first-order valence-electron chi connectivity index (χ1n) is 7.30. The van der Waals surface area contributed by atoms with E-state index in [0.29, 0.717) is 11.4 Å². The number of pyridine rings is 1. The van der Waals surface area contributed by atoms with Gasteiger partial charge in [0.2, 0.25) is 0 Å². The zero-order valence-corrected chi connectivity index (χ0v) is 11.5. The highest BCUT2D eigenvalue weighted by Crippen LogP contribution is 2.34. The predicted molar refractivity (Wildman–Crippen MR) is 78.9 cm³/mol. The number of nitrogens with zero attached hydrogens (tertiary/aromatic N) is 2. The largest absolute Gasteiger partial charge is 0.346 e. The average Bonchev–Trinajstić information content (AvgIpc) is 3.03. The quantitative estimate of drug-likeness (QED) is 0.714. The van der Waals surface area contributed by atoms with Crippen LogP contribution in [0.3, 0.4) is 0 Å². The van der Waals surface area contributed by atoms with Crippen LogP contribution in [0.5, 0.6) is 0 Å². The van der Waals surface area contributed by atoms with E-state index >= 15 is 0 Å². The molecule has 1 fully saturated rings. The second-order valence-electron chi connectivity index (χ2n) is 6.00. The van der Waals surface area contributed by atoms with E-state index in [4.69, 9.17) is 0 Å². The first kappa shape index (κ1) is 11.8. The topological polar surface area (TPSA) is 66.5 Å². The van der Waals surface area contributed by atoms with E-state index in [2.05, 4.69) is 26.7 Å². The highest BCUT2D eigenvalue weighted by Gasteiger charge is 2.23. The van der Waals surface area contributed by atoms with Crippen molar-refractivity contribution in [1.82, 2.24) is 19.7 Å². The van der Waals surface area contributed by atoms with Crippen LogP contribution in [0.2, 0.25) is 0 Å². The summed E-state index contributed by atoms with van der Waals surface area (Å²) in [5, 5.41) is 4.75. The van der Waals surface area contributed by atoms with Gasteiger partial charge < -0.3 is 4.98 Å². The zero-order valence-electron chi connectivity index (χ0n) is 11.5. The molecule has 3 aromatic heterocycles. The van der Waals surface area contributed by atoms with E-state index in [9.17, 15) is 4.79 Å². The van der Waals surface area contributed by atoms with Crippen molar-refractivity contribution in [3.63, 3.8) is 0 Å². The number of aromatic nitrogens is 4. The molecular weight excluding hydrogens is 252 g/mol. The molecule has 0 aromatic carbocycles. The van der Waals surface area contributed by atoms with Crippen LogP contribution >= 0.6 is 0 Å². The Morgan fingerprint density at radius 3 is 3.10 bits per heavy atom. The molecule has 1 aliphatic rings. The summed E-state index contributed by atoms with van der Waals surface area (Å²) in [6, 6.07) is 2.39. The van der Waals surface area contributed by atoms with Crippen molar-refractivity contribution >= 4 is 21.9 Å². The minimum absolute atomic E-state index is 0.0335. The number of nitrogens with one attached hydrogen (secondary N) is 2. The Kier molecular flexibility index (Phi) is 2.49. The second-order valence-corrected chi connectivity index (χ2v) is 6.00. The Morgan fingerprint density at radius 1 is 1.35 bits per heavy atom. The monoisotopic (exact) mass is 270 g/mol. The molecule has 4 rings (SSSR count). The van der Waals surface area contributed by atoms with Crippen molar-refractivity contribution in [3.05, 3.63) is 28.8 Å². The fraction of sp³-hybridized carbons (Fsp3) is 0.467. The Labute approximate surface area is 116 Å². The van der Waals surface area contributed by atoms with E-state index in [1.54, 1.807) is 6.20 Å². The Hall–Kier alpha value is -2.04. The van der Waals surface area contributed by atoms with Crippen molar-refractivity contribution in [3.8, 4) is 0 Å².